The van der Waals surface area contributed by atoms with Crippen molar-refractivity contribution < 1.29 is 4.79 Å². The van der Waals surface area contributed by atoms with E-state index in [9.17, 15) is 4.79 Å². The molecule has 0 spiro atoms. The highest BCUT2D eigenvalue weighted by molar-refractivity contribution is 5.78. The maximum absolute atomic E-state index is 11.7. The van der Waals surface area contributed by atoms with Crippen molar-refractivity contribution >= 4 is 5.91 Å². The minimum atomic E-state index is -0.0551. The number of carbonyl (C=O) groups excluding carboxylic acids is 1. The van der Waals surface area contributed by atoms with E-state index in [1.54, 1.807) is 0 Å². The molecule has 3 atom stereocenters. The molecule has 2 fully saturated rings. The van der Waals surface area contributed by atoms with E-state index >= 15 is 0 Å². The molecular formula is C11H21N3O. The summed E-state index contributed by atoms with van der Waals surface area (Å²) in [5.41, 5.74) is 5.48. The average Bonchev–Trinajstić information content (AvgIpc) is 2.81. The van der Waals surface area contributed by atoms with Gasteiger partial charge in [-0.15, -0.1) is 0 Å². The van der Waals surface area contributed by atoms with Gasteiger partial charge in [-0.2, -0.15) is 0 Å². The quantitative estimate of drug-likeness (QED) is 0.687. The molecule has 3 unspecified atom stereocenters. The van der Waals surface area contributed by atoms with Crippen molar-refractivity contribution in [1.82, 2.24) is 10.2 Å². The lowest BCUT2D eigenvalue weighted by molar-refractivity contribution is -0.125. The topological polar surface area (TPSA) is 58.4 Å². The minimum absolute atomic E-state index is 0.0551. The standard InChI is InChI=1S/C11H21N3O/c1-8(7-12)11(15)13-9-4-6-14-5-2-3-10(9)14/h8-10H,2-7,12H2,1H3,(H,13,15). The van der Waals surface area contributed by atoms with E-state index < -0.39 is 0 Å². The summed E-state index contributed by atoms with van der Waals surface area (Å²) >= 11 is 0. The van der Waals surface area contributed by atoms with Crippen LogP contribution < -0.4 is 11.1 Å². The Bertz CT molecular complexity index is 244. The van der Waals surface area contributed by atoms with Gasteiger partial charge in [0.05, 0.1) is 0 Å². The third-order valence-electron chi connectivity index (χ3n) is 3.73. The first-order chi connectivity index (χ1) is 7.22. The Morgan fingerprint density at radius 1 is 1.53 bits per heavy atom. The third kappa shape index (κ3) is 2.16. The number of rotatable bonds is 3. The first-order valence-electron chi connectivity index (χ1n) is 5.97. The van der Waals surface area contributed by atoms with Crippen LogP contribution >= 0.6 is 0 Å². The van der Waals surface area contributed by atoms with Gasteiger partial charge in [0.1, 0.15) is 0 Å². The van der Waals surface area contributed by atoms with E-state index in [1.165, 1.54) is 19.4 Å². The zero-order valence-electron chi connectivity index (χ0n) is 9.41. The number of hydrogen-bond donors (Lipinski definition) is 2. The summed E-state index contributed by atoms with van der Waals surface area (Å²) < 4.78 is 0. The first kappa shape index (κ1) is 10.9. The van der Waals surface area contributed by atoms with Crippen LogP contribution in [0.15, 0.2) is 0 Å². The molecule has 3 N–H and O–H groups in total. The van der Waals surface area contributed by atoms with Crippen LogP contribution in [-0.4, -0.2) is 42.5 Å². The van der Waals surface area contributed by atoms with Gasteiger partial charge in [-0.1, -0.05) is 6.92 Å². The van der Waals surface area contributed by atoms with Gasteiger partial charge >= 0.3 is 0 Å². The number of nitrogens with zero attached hydrogens (tertiary/aromatic N) is 1. The number of nitrogens with two attached hydrogens (primary N) is 1. The highest BCUT2D eigenvalue weighted by atomic mass is 16.2. The summed E-state index contributed by atoms with van der Waals surface area (Å²) in [6, 6.07) is 0.966. The minimum Gasteiger partial charge on any atom is -0.351 e. The van der Waals surface area contributed by atoms with Gasteiger partial charge in [-0.25, -0.2) is 0 Å². The lowest BCUT2D eigenvalue weighted by Crippen LogP contribution is -2.45. The molecule has 15 heavy (non-hydrogen) atoms. The second-order valence-corrected chi connectivity index (χ2v) is 4.79. The van der Waals surface area contributed by atoms with Crippen LogP contribution in [0.1, 0.15) is 26.2 Å². The predicted octanol–water partition coefficient (Wildman–Crippen LogP) is -0.0659. The largest absolute Gasteiger partial charge is 0.351 e. The SMILES string of the molecule is CC(CN)C(=O)NC1CCN2CCCC12. The highest BCUT2D eigenvalue weighted by Crippen LogP contribution is 2.27. The molecule has 4 nitrogen and oxygen atoms in total. The van der Waals surface area contributed by atoms with E-state index in [1.807, 2.05) is 6.92 Å². The Balaban J connectivity index is 1.87. The van der Waals surface area contributed by atoms with Crippen molar-refractivity contribution in [1.29, 1.82) is 0 Å². The third-order valence-corrected chi connectivity index (χ3v) is 3.73. The summed E-state index contributed by atoms with van der Waals surface area (Å²) in [5.74, 6) is 0.0664. The van der Waals surface area contributed by atoms with Gasteiger partial charge in [0.15, 0.2) is 0 Å². The molecule has 2 rings (SSSR count). The number of nitrogens with one attached hydrogen (secondary N) is 1. The second kappa shape index (κ2) is 4.49. The van der Waals surface area contributed by atoms with Crippen molar-refractivity contribution in [3.05, 3.63) is 0 Å². The van der Waals surface area contributed by atoms with Crippen molar-refractivity contribution in [2.45, 2.75) is 38.3 Å². The Kier molecular flexibility index (Phi) is 3.26. The summed E-state index contributed by atoms with van der Waals surface area (Å²) in [7, 11) is 0. The fourth-order valence-corrected chi connectivity index (χ4v) is 2.68. The maximum Gasteiger partial charge on any atom is 0.224 e. The monoisotopic (exact) mass is 211 g/mol. The fraction of sp³-hybridized carbons (Fsp3) is 0.909. The van der Waals surface area contributed by atoms with Gasteiger partial charge in [0.25, 0.3) is 0 Å². The van der Waals surface area contributed by atoms with Crippen molar-refractivity contribution in [3.8, 4) is 0 Å². The van der Waals surface area contributed by atoms with Gasteiger partial charge in [-0.05, 0) is 25.8 Å². The lowest BCUT2D eigenvalue weighted by Gasteiger charge is -2.22. The Morgan fingerprint density at radius 2 is 2.33 bits per heavy atom. The normalized spacial score (nSPS) is 32.7. The molecule has 0 aliphatic carbocycles. The van der Waals surface area contributed by atoms with Crippen LogP contribution in [0.2, 0.25) is 0 Å². The Labute approximate surface area is 91.2 Å². The molecular weight excluding hydrogens is 190 g/mol. The van der Waals surface area contributed by atoms with Gasteiger partial charge in [-0.3, -0.25) is 9.69 Å². The number of fused-ring (bicyclic) bond motifs is 1. The van der Waals surface area contributed by atoms with E-state index in [2.05, 4.69) is 10.2 Å². The summed E-state index contributed by atoms with van der Waals surface area (Å²) in [6.07, 6.45) is 3.62. The van der Waals surface area contributed by atoms with Crippen molar-refractivity contribution in [3.63, 3.8) is 0 Å². The molecule has 0 aromatic heterocycles. The fourth-order valence-electron chi connectivity index (χ4n) is 2.68. The number of amides is 1. The van der Waals surface area contributed by atoms with Crippen LogP contribution in [0.25, 0.3) is 0 Å². The molecule has 0 saturated carbocycles. The van der Waals surface area contributed by atoms with Gasteiger partial charge in [0.2, 0.25) is 5.91 Å². The zero-order chi connectivity index (χ0) is 10.8. The predicted molar refractivity (Wildman–Crippen MR) is 59.4 cm³/mol. The lowest BCUT2D eigenvalue weighted by atomic mass is 10.1. The van der Waals surface area contributed by atoms with Crippen LogP contribution in [-0.2, 0) is 4.79 Å². The molecule has 0 aromatic carbocycles. The summed E-state index contributed by atoms with van der Waals surface area (Å²) in [6.45, 7) is 4.68. The van der Waals surface area contributed by atoms with Crippen LogP contribution in [0.4, 0.5) is 0 Å². The first-order valence-corrected chi connectivity index (χ1v) is 5.97. The molecule has 86 valence electrons. The molecule has 0 aromatic rings. The number of carbonyl (C=O) groups is 1. The Morgan fingerprint density at radius 3 is 3.07 bits per heavy atom. The zero-order valence-corrected chi connectivity index (χ0v) is 9.41. The maximum atomic E-state index is 11.7. The number of hydrogen-bond acceptors (Lipinski definition) is 3. The molecule has 4 heteroatoms. The van der Waals surface area contributed by atoms with Gasteiger partial charge < -0.3 is 11.1 Å². The van der Waals surface area contributed by atoms with Crippen molar-refractivity contribution in [2.75, 3.05) is 19.6 Å². The van der Waals surface area contributed by atoms with Crippen LogP contribution in [0.3, 0.4) is 0 Å². The smallest absolute Gasteiger partial charge is 0.224 e. The van der Waals surface area contributed by atoms with Gasteiger partial charge in [0, 0.05) is 31.1 Å². The highest BCUT2D eigenvalue weighted by Gasteiger charge is 2.37. The molecule has 2 aliphatic rings. The molecule has 1 amide bonds. The van der Waals surface area contributed by atoms with E-state index in [-0.39, 0.29) is 11.8 Å². The van der Waals surface area contributed by atoms with Crippen molar-refractivity contribution in [2.24, 2.45) is 11.7 Å². The summed E-state index contributed by atoms with van der Waals surface area (Å²) in [4.78, 5) is 14.2. The van der Waals surface area contributed by atoms with Crippen LogP contribution in [0, 0.1) is 5.92 Å². The summed E-state index contributed by atoms with van der Waals surface area (Å²) in [5, 5.41) is 3.14. The van der Waals surface area contributed by atoms with E-state index in [0.717, 1.165) is 13.0 Å². The Hall–Kier alpha value is -0.610. The molecule has 0 bridgehead atoms. The van der Waals surface area contributed by atoms with E-state index in [4.69, 9.17) is 5.73 Å². The molecule has 2 saturated heterocycles. The molecule has 0 radical (unpaired) electrons. The van der Waals surface area contributed by atoms with Crippen LogP contribution in [0.5, 0.6) is 0 Å². The molecule has 2 heterocycles. The average molecular weight is 211 g/mol. The molecule has 2 aliphatic heterocycles. The van der Waals surface area contributed by atoms with E-state index in [0.29, 0.717) is 18.6 Å². The second-order valence-electron chi connectivity index (χ2n) is 4.79.